The van der Waals surface area contributed by atoms with Crippen LogP contribution in [0.1, 0.15) is 5.56 Å². The van der Waals surface area contributed by atoms with E-state index in [0.717, 1.165) is 55.5 Å². The number of ether oxygens (including phenoxy) is 2. The zero-order valence-electron chi connectivity index (χ0n) is 17.6. The molecule has 0 unspecified atom stereocenters. The fourth-order valence-electron chi connectivity index (χ4n) is 4.33. The van der Waals surface area contributed by atoms with Crippen LogP contribution < -0.4 is 14.0 Å². The van der Waals surface area contributed by atoms with E-state index in [1.165, 1.54) is 5.39 Å². The van der Waals surface area contributed by atoms with Crippen molar-refractivity contribution in [3.63, 3.8) is 0 Å². The summed E-state index contributed by atoms with van der Waals surface area (Å²) in [6, 6.07) is 20.7. The van der Waals surface area contributed by atoms with Crippen molar-refractivity contribution in [1.82, 2.24) is 4.98 Å². The van der Waals surface area contributed by atoms with Gasteiger partial charge in [0.2, 0.25) is 5.52 Å². The molecule has 30 heavy (non-hydrogen) atoms. The van der Waals surface area contributed by atoms with E-state index < -0.39 is 0 Å². The zero-order chi connectivity index (χ0) is 20.8. The lowest BCUT2D eigenvalue weighted by atomic mass is 9.95. The van der Waals surface area contributed by atoms with Crippen LogP contribution in [-0.2, 0) is 7.05 Å². The third kappa shape index (κ3) is 2.76. The molecule has 0 spiro atoms. The Morgan fingerprint density at radius 1 is 0.800 bits per heavy atom. The van der Waals surface area contributed by atoms with Gasteiger partial charge >= 0.3 is 0 Å². The van der Waals surface area contributed by atoms with Crippen molar-refractivity contribution in [2.24, 2.45) is 7.05 Å². The van der Waals surface area contributed by atoms with E-state index in [1.807, 2.05) is 24.3 Å². The molecule has 4 nitrogen and oxygen atoms in total. The summed E-state index contributed by atoms with van der Waals surface area (Å²) < 4.78 is 13.3. The van der Waals surface area contributed by atoms with Crippen LogP contribution in [0.5, 0.6) is 11.5 Å². The van der Waals surface area contributed by atoms with Crippen LogP contribution in [0.2, 0.25) is 0 Å². The summed E-state index contributed by atoms with van der Waals surface area (Å²) in [5, 5.41) is 4.52. The number of aryl methyl sites for hydroxylation is 2. The average molecular weight is 395 g/mol. The minimum Gasteiger partial charge on any atom is -0.497 e. The maximum atomic E-state index is 5.57. The minimum atomic E-state index is 0.826. The van der Waals surface area contributed by atoms with Crippen LogP contribution in [0.25, 0.3) is 43.8 Å². The molecular formula is C26H23N2O2+. The van der Waals surface area contributed by atoms with E-state index >= 15 is 0 Å². The second-order valence-corrected chi connectivity index (χ2v) is 7.58. The Morgan fingerprint density at radius 2 is 1.53 bits per heavy atom. The molecule has 5 aromatic rings. The summed E-state index contributed by atoms with van der Waals surface area (Å²) in [7, 11) is 5.50. The molecule has 0 aliphatic rings. The van der Waals surface area contributed by atoms with Crippen molar-refractivity contribution >= 4 is 32.6 Å². The largest absolute Gasteiger partial charge is 0.497 e. The van der Waals surface area contributed by atoms with Gasteiger partial charge in [0.15, 0.2) is 6.20 Å². The SMILES string of the molecule is COc1ccc2c(c1)c1cc(OC)cc(C)c1c1c2nc(-c2ccccc2)c[n+]1C. The Bertz CT molecular complexity index is 1430. The van der Waals surface area contributed by atoms with Crippen LogP contribution in [0, 0.1) is 6.92 Å². The molecule has 4 heteroatoms. The second-order valence-electron chi connectivity index (χ2n) is 7.58. The van der Waals surface area contributed by atoms with Crippen LogP contribution in [0.15, 0.2) is 66.9 Å². The van der Waals surface area contributed by atoms with Gasteiger partial charge in [-0.05, 0) is 48.2 Å². The molecule has 4 aromatic carbocycles. The Morgan fingerprint density at radius 3 is 2.27 bits per heavy atom. The van der Waals surface area contributed by atoms with Crippen molar-refractivity contribution < 1.29 is 14.0 Å². The topological polar surface area (TPSA) is 35.2 Å². The third-order valence-corrected chi connectivity index (χ3v) is 5.75. The Labute approximate surface area is 175 Å². The first kappa shape index (κ1) is 18.4. The summed E-state index contributed by atoms with van der Waals surface area (Å²) in [5.41, 5.74) is 5.31. The van der Waals surface area contributed by atoms with E-state index in [-0.39, 0.29) is 0 Å². The highest BCUT2D eigenvalue weighted by atomic mass is 16.5. The number of nitrogens with zero attached hydrogens (tertiary/aromatic N) is 2. The number of hydrogen-bond acceptors (Lipinski definition) is 3. The standard InChI is InChI=1S/C26H23N2O2/c1-16-12-19(30-4)14-22-21-13-18(29-3)10-11-20(21)25-26(24(16)22)28(2)15-23(27-25)17-8-6-5-7-9-17/h5-15H,1-4H3/q+1. The van der Waals surface area contributed by atoms with Gasteiger partial charge in [-0.25, -0.2) is 4.98 Å². The van der Waals surface area contributed by atoms with Crippen molar-refractivity contribution in [3.05, 3.63) is 72.4 Å². The van der Waals surface area contributed by atoms with E-state index in [2.05, 4.69) is 61.1 Å². The predicted octanol–water partition coefficient (Wildman–Crippen LogP) is 5.36. The number of fused-ring (bicyclic) bond motifs is 6. The van der Waals surface area contributed by atoms with Gasteiger partial charge in [0.1, 0.15) is 29.8 Å². The van der Waals surface area contributed by atoms with Gasteiger partial charge in [-0.3, -0.25) is 0 Å². The van der Waals surface area contributed by atoms with Crippen molar-refractivity contribution in [1.29, 1.82) is 0 Å². The fourth-order valence-corrected chi connectivity index (χ4v) is 4.33. The molecule has 148 valence electrons. The summed E-state index contributed by atoms with van der Waals surface area (Å²) in [6.45, 7) is 2.13. The Hall–Kier alpha value is -3.66. The third-order valence-electron chi connectivity index (χ3n) is 5.75. The molecule has 5 rings (SSSR count). The van der Waals surface area contributed by atoms with E-state index in [4.69, 9.17) is 14.5 Å². The number of benzene rings is 4. The highest BCUT2D eigenvalue weighted by molar-refractivity contribution is 6.23. The molecule has 0 radical (unpaired) electrons. The van der Waals surface area contributed by atoms with Gasteiger partial charge < -0.3 is 9.47 Å². The first-order chi connectivity index (χ1) is 14.6. The molecule has 0 saturated carbocycles. The Balaban J connectivity index is 2.01. The molecule has 0 fully saturated rings. The normalized spacial score (nSPS) is 11.3. The maximum Gasteiger partial charge on any atom is 0.239 e. The molecule has 0 atom stereocenters. The summed E-state index contributed by atoms with van der Waals surface area (Å²) in [6.07, 6.45) is 2.11. The van der Waals surface area contributed by atoms with Gasteiger partial charge in [-0.15, -0.1) is 0 Å². The zero-order valence-corrected chi connectivity index (χ0v) is 17.6. The summed E-state index contributed by atoms with van der Waals surface area (Å²) >= 11 is 0. The smallest absolute Gasteiger partial charge is 0.239 e. The highest BCUT2D eigenvalue weighted by Crippen LogP contribution is 2.38. The fraction of sp³-hybridized carbons (Fsp3) is 0.154. The van der Waals surface area contributed by atoms with E-state index in [9.17, 15) is 0 Å². The lowest BCUT2D eigenvalue weighted by Crippen LogP contribution is -2.30. The lowest BCUT2D eigenvalue weighted by molar-refractivity contribution is -0.643. The average Bonchev–Trinajstić information content (AvgIpc) is 2.79. The number of methoxy groups -OCH3 is 2. The quantitative estimate of drug-likeness (QED) is 0.305. The summed E-state index contributed by atoms with van der Waals surface area (Å²) in [5.74, 6) is 1.67. The van der Waals surface area contributed by atoms with Crippen molar-refractivity contribution in [2.75, 3.05) is 14.2 Å². The van der Waals surface area contributed by atoms with Gasteiger partial charge in [0, 0.05) is 16.3 Å². The van der Waals surface area contributed by atoms with E-state index in [1.54, 1.807) is 14.2 Å². The molecule has 0 aliphatic carbocycles. The summed E-state index contributed by atoms with van der Waals surface area (Å²) in [4.78, 5) is 5.13. The maximum absolute atomic E-state index is 5.57. The predicted molar refractivity (Wildman–Crippen MR) is 121 cm³/mol. The Kier molecular flexibility index (Phi) is 4.28. The molecule has 0 bridgehead atoms. The van der Waals surface area contributed by atoms with Gasteiger partial charge in [-0.1, -0.05) is 30.3 Å². The molecule has 1 heterocycles. The van der Waals surface area contributed by atoms with Crippen LogP contribution in [0.4, 0.5) is 0 Å². The van der Waals surface area contributed by atoms with Crippen molar-refractivity contribution in [2.45, 2.75) is 6.92 Å². The molecule has 0 amide bonds. The van der Waals surface area contributed by atoms with Crippen LogP contribution in [0.3, 0.4) is 0 Å². The molecule has 0 saturated heterocycles. The van der Waals surface area contributed by atoms with Gasteiger partial charge in [0.05, 0.1) is 19.6 Å². The lowest BCUT2D eigenvalue weighted by Gasteiger charge is -2.13. The second kappa shape index (κ2) is 6.99. The number of rotatable bonds is 3. The number of aromatic nitrogens is 2. The van der Waals surface area contributed by atoms with Crippen LogP contribution >= 0.6 is 0 Å². The number of hydrogen-bond donors (Lipinski definition) is 0. The van der Waals surface area contributed by atoms with E-state index in [0.29, 0.717) is 0 Å². The minimum absolute atomic E-state index is 0.826. The molecule has 0 aliphatic heterocycles. The molecule has 1 aromatic heterocycles. The van der Waals surface area contributed by atoms with Gasteiger partial charge in [-0.2, -0.15) is 4.57 Å². The van der Waals surface area contributed by atoms with Gasteiger partial charge in [0.25, 0.3) is 0 Å². The molecule has 0 N–H and O–H groups in total. The molecular weight excluding hydrogens is 372 g/mol. The van der Waals surface area contributed by atoms with Crippen LogP contribution in [-0.4, -0.2) is 19.2 Å². The first-order valence-corrected chi connectivity index (χ1v) is 9.94. The highest BCUT2D eigenvalue weighted by Gasteiger charge is 2.21. The first-order valence-electron chi connectivity index (χ1n) is 9.94. The monoisotopic (exact) mass is 395 g/mol. The van der Waals surface area contributed by atoms with Crippen molar-refractivity contribution in [3.8, 4) is 22.8 Å².